The molecule has 2 unspecified atom stereocenters. The van der Waals surface area contributed by atoms with E-state index in [1.807, 2.05) is 41.5 Å². The third-order valence-corrected chi connectivity index (χ3v) is 5.35. The summed E-state index contributed by atoms with van der Waals surface area (Å²) < 4.78 is 0. The monoisotopic (exact) mass is 269 g/mol. The highest BCUT2D eigenvalue weighted by Crippen LogP contribution is 2.62. The Morgan fingerprint density at radius 1 is 1.00 bits per heavy atom. The van der Waals surface area contributed by atoms with Crippen molar-refractivity contribution in [2.24, 2.45) is 16.2 Å². The Balaban J connectivity index is 3.15. The molecule has 2 atom stereocenters. The van der Waals surface area contributed by atoms with Crippen LogP contribution in [-0.2, 0) is 9.59 Å². The van der Waals surface area contributed by atoms with Gasteiger partial charge in [0.05, 0.1) is 10.8 Å². The number of carboxylic acid groups (broad SMARTS) is 1. The zero-order valence-electron chi connectivity index (χ0n) is 13.2. The molecule has 2 N–H and O–H groups in total. The number of hydrogen-bond donors (Lipinski definition) is 2. The fourth-order valence-electron chi connectivity index (χ4n) is 2.98. The summed E-state index contributed by atoms with van der Waals surface area (Å²) >= 11 is 0. The van der Waals surface area contributed by atoms with Crippen LogP contribution in [0.4, 0.5) is 0 Å². The zero-order valence-corrected chi connectivity index (χ0v) is 13.2. The minimum Gasteiger partial charge on any atom is -0.481 e. The van der Waals surface area contributed by atoms with Gasteiger partial charge in [-0.05, 0) is 46.0 Å². The molecule has 4 heteroatoms. The summed E-state index contributed by atoms with van der Waals surface area (Å²) in [5, 5.41) is 12.5. The number of rotatable bonds is 2. The Morgan fingerprint density at radius 2 is 1.42 bits per heavy atom. The molecule has 1 rings (SSSR count). The average Bonchev–Trinajstić information content (AvgIpc) is 2.39. The first-order chi connectivity index (χ1) is 8.28. The lowest BCUT2D eigenvalue weighted by atomic mass is 9.59. The summed E-state index contributed by atoms with van der Waals surface area (Å²) in [7, 11) is 0. The molecule has 1 amide bonds. The molecule has 0 aliphatic heterocycles. The summed E-state index contributed by atoms with van der Waals surface area (Å²) in [6, 6.07) is 0. The molecular weight excluding hydrogens is 242 g/mol. The first-order valence-electron chi connectivity index (χ1n) is 6.84. The Kier molecular flexibility index (Phi) is 3.55. The van der Waals surface area contributed by atoms with E-state index in [0.29, 0.717) is 12.8 Å². The molecule has 19 heavy (non-hydrogen) atoms. The topological polar surface area (TPSA) is 66.4 Å². The van der Waals surface area contributed by atoms with Crippen molar-refractivity contribution in [3.8, 4) is 0 Å². The highest BCUT2D eigenvalue weighted by molar-refractivity contribution is 5.87. The average molecular weight is 269 g/mol. The minimum absolute atomic E-state index is 0.0463. The van der Waals surface area contributed by atoms with E-state index < -0.39 is 22.2 Å². The van der Waals surface area contributed by atoms with Gasteiger partial charge in [0, 0.05) is 5.54 Å². The smallest absolute Gasteiger partial charge is 0.309 e. The van der Waals surface area contributed by atoms with Crippen LogP contribution in [-0.4, -0.2) is 22.5 Å². The molecular formula is C15H27NO3. The van der Waals surface area contributed by atoms with Crippen LogP contribution in [0, 0.1) is 16.2 Å². The number of amides is 1. The first kappa shape index (κ1) is 16.0. The number of aliphatic carboxylic acids is 1. The SMILES string of the molecule is CC(C)(C)NC(=O)C1(C)CCC(C)(C(=O)O)C1(C)C. The molecule has 1 aliphatic rings. The van der Waals surface area contributed by atoms with E-state index >= 15 is 0 Å². The van der Waals surface area contributed by atoms with Gasteiger partial charge in [-0.2, -0.15) is 0 Å². The maximum atomic E-state index is 12.6. The highest BCUT2D eigenvalue weighted by atomic mass is 16.4. The molecule has 1 aliphatic carbocycles. The van der Waals surface area contributed by atoms with Crippen LogP contribution in [0.5, 0.6) is 0 Å². The number of nitrogens with one attached hydrogen (secondary N) is 1. The molecule has 1 fully saturated rings. The predicted octanol–water partition coefficient (Wildman–Crippen LogP) is 2.82. The number of carbonyl (C=O) groups is 2. The normalized spacial score (nSPS) is 34.1. The van der Waals surface area contributed by atoms with Crippen LogP contribution in [0.15, 0.2) is 0 Å². The summed E-state index contributed by atoms with van der Waals surface area (Å²) in [6.07, 6.45) is 1.13. The van der Waals surface area contributed by atoms with E-state index in [2.05, 4.69) is 5.32 Å². The number of hydrogen-bond acceptors (Lipinski definition) is 2. The van der Waals surface area contributed by atoms with Crippen molar-refractivity contribution in [2.75, 3.05) is 0 Å². The van der Waals surface area contributed by atoms with E-state index in [1.165, 1.54) is 0 Å². The largest absolute Gasteiger partial charge is 0.481 e. The van der Waals surface area contributed by atoms with Gasteiger partial charge < -0.3 is 10.4 Å². The Hall–Kier alpha value is -1.06. The summed E-state index contributed by atoms with van der Waals surface area (Å²) in [4.78, 5) is 24.2. The number of carbonyl (C=O) groups excluding carboxylic acids is 1. The summed E-state index contributed by atoms with van der Waals surface area (Å²) in [5.41, 5.74) is -2.43. The molecule has 0 aromatic carbocycles. The van der Waals surface area contributed by atoms with Crippen molar-refractivity contribution in [3.63, 3.8) is 0 Å². The second-order valence-corrected chi connectivity index (χ2v) is 7.80. The molecule has 0 aromatic rings. The van der Waals surface area contributed by atoms with E-state index in [-0.39, 0.29) is 11.4 Å². The Morgan fingerprint density at radius 3 is 1.74 bits per heavy atom. The van der Waals surface area contributed by atoms with Gasteiger partial charge in [-0.1, -0.05) is 20.8 Å². The molecule has 110 valence electrons. The predicted molar refractivity (Wildman–Crippen MR) is 74.8 cm³/mol. The minimum atomic E-state index is -0.864. The van der Waals surface area contributed by atoms with Crippen molar-refractivity contribution in [2.45, 2.75) is 66.8 Å². The Bertz CT molecular complexity index is 408. The van der Waals surface area contributed by atoms with Gasteiger partial charge in [0.2, 0.25) is 5.91 Å². The zero-order chi connectivity index (χ0) is 15.3. The van der Waals surface area contributed by atoms with E-state index in [4.69, 9.17) is 0 Å². The van der Waals surface area contributed by atoms with Crippen LogP contribution < -0.4 is 5.32 Å². The van der Waals surface area contributed by atoms with Crippen LogP contribution >= 0.6 is 0 Å². The second kappa shape index (κ2) is 4.22. The molecule has 1 saturated carbocycles. The van der Waals surface area contributed by atoms with Gasteiger partial charge in [0.1, 0.15) is 0 Å². The van der Waals surface area contributed by atoms with Crippen LogP contribution in [0.3, 0.4) is 0 Å². The van der Waals surface area contributed by atoms with Gasteiger partial charge in [0.25, 0.3) is 0 Å². The molecule has 0 aromatic heterocycles. The van der Waals surface area contributed by atoms with E-state index in [9.17, 15) is 14.7 Å². The fraction of sp³-hybridized carbons (Fsp3) is 0.867. The molecule has 0 spiro atoms. The number of carboxylic acids is 1. The molecule has 0 radical (unpaired) electrons. The van der Waals surface area contributed by atoms with E-state index in [1.54, 1.807) is 6.92 Å². The van der Waals surface area contributed by atoms with Crippen molar-refractivity contribution in [3.05, 3.63) is 0 Å². The van der Waals surface area contributed by atoms with Crippen molar-refractivity contribution in [1.29, 1.82) is 0 Å². The molecule has 0 bridgehead atoms. The van der Waals surface area contributed by atoms with Crippen LogP contribution in [0.25, 0.3) is 0 Å². The standard InChI is InChI=1S/C15H27NO3/c1-12(2,3)16-10(17)14(6)8-9-15(7,11(18)19)13(14,4)5/h8-9H2,1-7H3,(H,16,17)(H,18,19). The fourth-order valence-corrected chi connectivity index (χ4v) is 2.98. The van der Waals surface area contributed by atoms with Gasteiger partial charge in [-0.3, -0.25) is 9.59 Å². The molecule has 0 heterocycles. The Labute approximate surface area is 116 Å². The summed E-state index contributed by atoms with van der Waals surface area (Å²) in [5.74, 6) is -0.861. The quantitative estimate of drug-likeness (QED) is 0.810. The third-order valence-electron chi connectivity index (χ3n) is 5.35. The van der Waals surface area contributed by atoms with Gasteiger partial charge in [0.15, 0.2) is 0 Å². The second-order valence-electron chi connectivity index (χ2n) is 7.80. The summed E-state index contributed by atoms with van der Waals surface area (Å²) in [6.45, 7) is 13.3. The van der Waals surface area contributed by atoms with Crippen molar-refractivity contribution < 1.29 is 14.7 Å². The lowest BCUT2D eigenvalue weighted by Gasteiger charge is -2.45. The maximum Gasteiger partial charge on any atom is 0.309 e. The third kappa shape index (κ3) is 2.26. The van der Waals surface area contributed by atoms with Crippen LogP contribution in [0.1, 0.15) is 61.3 Å². The highest BCUT2D eigenvalue weighted by Gasteiger charge is 2.64. The lowest BCUT2D eigenvalue weighted by Crippen LogP contribution is -2.55. The first-order valence-corrected chi connectivity index (χ1v) is 6.84. The van der Waals surface area contributed by atoms with Crippen LogP contribution in [0.2, 0.25) is 0 Å². The van der Waals surface area contributed by atoms with Gasteiger partial charge in [-0.15, -0.1) is 0 Å². The maximum absolute atomic E-state index is 12.6. The van der Waals surface area contributed by atoms with E-state index in [0.717, 1.165) is 0 Å². The molecule has 0 saturated heterocycles. The molecule has 4 nitrogen and oxygen atoms in total. The van der Waals surface area contributed by atoms with Crippen molar-refractivity contribution >= 4 is 11.9 Å². The van der Waals surface area contributed by atoms with Gasteiger partial charge >= 0.3 is 5.97 Å². The lowest BCUT2D eigenvalue weighted by molar-refractivity contribution is -0.158. The van der Waals surface area contributed by atoms with Crippen molar-refractivity contribution in [1.82, 2.24) is 5.32 Å². The van der Waals surface area contributed by atoms with Gasteiger partial charge in [-0.25, -0.2) is 0 Å².